The van der Waals surface area contributed by atoms with Crippen molar-refractivity contribution < 1.29 is 5.11 Å². The van der Waals surface area contributed by atoms with Gasteiger partial charge in [0, 0.05) is 0 Å². The van der Waals surface area contributed by atoms with Gasteiger partial charge in [-0.1, -0.05) is 43.3 Å². The number of aliphatic hydroxyl groups excluding tert-OH is 1. The molecule has 1 aromatic rings. The molecule has 1 N–H and O–H groups in total. The number of hydrogen-bond acceptors (Lipinski definition) is 1. The molecule has 2 atom stereocenters. The second kappa shape index (κ2) is 5.61. The zero-order chi connectivity index (χ0) is 10.4. The highest BCUT2D eigenvalue weighted by Crippen LogP contribution is 2.14. The van der Waals surface area contributed by atoms with Crippen molar-refractivity contribution in [2.75, 3.05) is 0 Å². The molecular weight excluding hydrogens is 172 g/mol. The van der Waals surface area contributed by atoms with Crippen LogP contribution in [0.3, 0.4) is 0 Å². The summed E-state index contributed by atoms with van der Waals surface area (Å²) in [4.78, 5) is 0. The Hall–Kier alpha value is -1.08. The number of hydrogen-bond donors (Lipinski definition) is 1. The minimum Gasteiger partial charge on any atom is -0.393 e. The van der Waals surface area contributed by atoms with E-state index in [0.717, 1.165) is 6.42 Å². The van der Waals surface area contributed by atoms with E-state index in [2.05, 4.69) is 25.6 Å². The largest absolute Gasteiger partial charge is 0.393 e. The molecule has 76 valence electrons. The second-order valence-electron chi connectivity index (χ2n) is 3.76. The maximum absolute atomic E-state index is 9.71. The quantitative estimate of drug-likeness (QED) is 0.708. The molecule has 1 rings (SSSR count). The van der Waals surface area contributed by atoms with Gasteiger partial charge in [0.15, 0.2) is 0 Å². The summed E-state index contributed by atoms with van der Waals surface area (Å²) in [6.07, 6.45) is 3.10. The van der Waals surface area contributed by atoms with E-state index in [0.29, 0.717) is 6.42 Å². The minimum absolute atomic E-state index is 0.271. The molecule has 1 aromatic carbocycles. The minimum atomic E-state index is -0.271. The van der Waals surface area contributed by atoms with Crippen LogP contribution in [-0.4, -0.2) is 11.2 Å². The summed E-state index contributed by atoms with van der Waals surface area (Å²) in [5.41, 5.74) is 1.28. The van der Waals surface area contributed by atoms with E-state index in [-0.39, 0.29) is 12.0 Å². The Morgan fingerprint density at radius 1 is 1.36 bits per heavy atom. The Bertz CT molecular complexity index is 266. The van der Waals surface area contributed by atoms with Crippen LogP contribution in [0.1, 0.15) is 18.9 Å². The molecular formula is C13H18O. The van der Waals surface area contributed by atoms with E-state index in [1.807, 2.05) is 18.2 Å². The van der Waals surface area contributed by atoms with Gasteiger partial charge in [0.2, 0.25) is 0 Å². The molecule has 0 bridgehead atoms. The summed E-state index contributed by atoms with van der Waals surface area (Å²) >= 11 is 0. The molecule has 0 aliphatic carbocycles. The van der Waals surface area contributed by atoms with Gasteiger partial charge in [-0.2, -0.15) is 0 Å². The van der Waals surface area contributed by atoms with Crippen molar-refractivity contribution in [1.29, 1.82) is 0 Å². The van der Waals surface area contributed by atoms with Gasteiger partial charge in [0.05, 0.1) is 6.10 Å². The lowest BCUT2D eigenvalue weighted by Gasteiger charge is -2.17. The predicted octanol–water partition coefficient (Wildman–Crippen LogP) is 2.80. The van der Waals surface area contributed by atoms with Crippen LogP contribution in [-0.2, 0) is 6.42 Å². The molecule has 0 spiro atoms. The molecule has 0 aliphatic rings. The highest BCUT2D eigenvalue weighted by molar-refractivity contribution is 5.15. The third kappa shape index (κ3) is 3.35. The molecule has 14 heavy (non-hydrogen) atoms. The first-order valence-corrected chi connectivity index (χ1v) is 5.07. The van der Waals surface area contributed by atoms with Crippen molar-refractivity contribution in [1.82, 2.24) is 0 Å². The van der Waals surface area contributed by atoms with Gasteiger partial charge < -0.3 is 5.11 Å². The Kier molecular flexibility index (Phi) is 4.41. The van der Waals surface area contributed by atoms with Crippen molar-refractivity contribution in [2.24, 2.45) is 5.92 Å². The first-order valence-electron chi connectivity index (χ1n) is 5.07. The fourth-order valence-electron chi connectivity index (χ4n) is 1.52. The van der Waals surface area contributed by atoms with E-state index in [1.165, 1.54) is 5.56 Å². The molecule has 1 heteroatoms. The number of rotatable bonds is 5. The van der Waals surface area contributed by atoms with Crippen molar-refractivity contribution in [2.45, 2.75) is 25.9 Å². The molecule has 0 amide bonds. The lowest BCUT2D eigenvalue weighted by molar-refractivity contribution is 0.119. The van der Waals surface area contributed by atoms with Crippen LogP contribution in [0.15, 0.2) is 43.0 Å². The third-order valence-electron chi connectivity index (χ3n) is 2.47. The summed E-state index contributed by atoms with van der Waals surface area (Å²) in [6, 6.07) is 10.3. The van der Waals surface area contributed by atoms with Crippen LogP contribution in [0.2, 0.25) is 0 Å². The first kappa shape index (κ1) is 11.0. The molecule has 0 heterocycles. The number of benzene rings is 1. The molecule has 0 saturated carbocycles. The number of aliphatic hydroxyl groups is 1. The Labute approximate surface area is 86.1 Å². The second-order valence-corrected chi connectivity index (χ2v) is 3.76. The van der Waals surface area contributed by atoms with Gasteiger partial charge in [-0.3, -0.25) is 0 Å². The zero-order valence-electron chi connectivity index (χ0n) is 8.69. The molecule has 0 saturated heterocycles. The van der Waals surface area contributed by atoms with Crippen molar-refractivity contribution in [3.8, 4) is 0 Å². The van der Waals surface area contributed by atoms with Crippen LogP contribution in [0.5, 0.6) is 0 Å². The lowest BCUT2D eigenvalue weighted by Crippen LogP contribution is -2.18. The van der Waals surface area contributed by atoms with Crippen LogP contribution >= 0.6 is 0 Å². The van der Waals surface area contributed by atoms with Crippen LogP contribution in [0, 0.1) is 5.92 Å². The third-order valence-corrected chi connectivity index (χ3v) is 2.47. The summed E-state index contributed by atoms with van der Waals surface area (Å²) < 4.78 is 0. The maximum Gasteiger partial charge on any atom is 0.0603 e. The Morgan fingerprint density at radius 3 is 2.57 bits per heavy atom. The Balaban J connectivity index is 2.48. The average molecular weight is 190 g/mol. The smallest absolute Gasteiger partial charge is 0.0603 e. The zero-order valence-corrected chi connectivity index (χ0v) is 8.69. The van der Waals surface area contributed by atoms with Crippen LogP contribution in [0.4, 0.5) is 0 Å². The van der Waals surface area contributed by atoms with E-state index in [4.69, 9.17) is 0 Å². The van der Waals surface area contributed by atoms with Gasteiger partial charge in [0.1, 0.15) is 0 Å². The first-order chi connectivity index (χ1) is 6.74. The SMILES string of the molecule is C=CC[C@@H](O)[C@H](C)Cc1ccccc1. The van der Waals surface area contributed by atoms with Gasteiger partial charge in [0.25, 0.3) is 0 Å². The fraction of sp³-hybridized carbons (Fsp3) is 0.385. The summed E-state index contributed by atoms with van der Waals surface area (Å²) in [7, 11) is 0. The van der Waals surface area contributed by atoms with Gasteiger partial charge in [-0.25, -0.2) is 0 Å². The monoisotopic (exact) mass is 190 g/mol. The van der Waals surface area contributed by atoms with Crippen molar-refractivity contribution in [3.05, 3.63) is 48.6 Å². The Morgan fingerprint density at radius 2 is 2.00 bits per heavy atom. The standard InChI is InChI=1S/C13H18O/c1-3-7-13(14)11(2)10-12-8-5-4-6-9-12/h3-6,8-9,11,13-14H,1,7,10H2,2H3/t11-,13-/m1/s1. The maximum atomic E-state index is 9.71. The van der Waals surface area contributed by atoms with Crippen molar-refractivity contribution in [3.63, 3.8) is 0 Å². The van der Waals surface area contributed by atoms with Crippen LogP contribution < -0.4 is 0 Å². The predicted molar refractivity (Wildman–Crippen MR) is 60.1 cm³/mol. The fourth-order valence-corrected chi connectivity index (χ4v) is 1.52. The topological polar surface area (TPSA) is 20.2 Å². The lowest BCUT2D eigenvalue weighted by atomic mass is 9.94. The molecule has 0 fully saturated rings. The summed E-state index contributed by atoms with van der Waals surface area (Å²) in [5.74, 6) is 0.287. The molecule has 0 aromatic heterocycles. The van der Waals surface area contributed by atoms with E-state index in [9.17, 15) is 5.11 Å². The molecule has 0 unspecified atom stereocenters. The average Bonchev–Trinajstić information content (AvgIpc) is 2.19. The van der Waals surface area contributed by atoms with E-state index >= 15 is 0 Å². The molecule has 0 radical (unpaired) electrons. The van der Waals surface area contributed by atoms with E-state index < -0.39 is 0 Å². The summed E-state index contributed by atoms with van der Waals surface area (Å²) in [5, 5.41) is 9.71. The molecule has 1 nitrogen and oxygen atoms in total. The van der Waals surface area contributed by atoms with Crippen LogP contribution in [0.25, 0.3) is 0 Å². The molecule has 0 aliphatic heterocycles. The van der Waals surface area contributed by atoms with Crippen molar-refractivity contribution >= 4 is 0 Å². The highest BCUT2D eigenvalue weighted by Gasteiger charge is 2.12. The normalized spacial score (nSPS) is 14.7. The summed E-state index contributed by atoms with van der Waals surface area (Å²) in [6.45, 7) is 5.70. The van der Waals surface area contributed by atoms with Gasteiger partial charge in [-0.15, -0.1) is 6.58 Å². The highest BCUT2D eigenvalue weighted by atomic mass is 16.3. The van der Waals surface area contributed by atoms with Gasteiger partial charge >= 0.3 is 0 Å². The van der Waals surface area contributed by atoms with Gasteiger partial charge in [-0.05, 0) is 24.3 Å². The van der Waals surface area contributed by atoms with E-state index in [1.54, 1.807) is 6.08 Å².